The van der Waals surface area contributed by atoms with Crippen molar-refractivity contribution in [3.8, 4) is 5.75 Å². The third-order valence-electron chi connectivity index (χ3n) is 6.53. The molecule has 0 bridgehead atoms. The van der Waals surface area contributed by atoms with Gasteiger partial charge in [0.15, 0.2) is 0 Å². The van der Waals surface area contributed by atoms with Gasteiger partial charge in [0, 0.05) is 13.1 Å². The van der Waals surface area contributed by atoms with E-state index in [4.69, 9.17) is 4.74 Å². The maximum Gasteiger partial charge on any atom is 0.244 e. The minimum atomic E-state index is -3.87. The fourth-order valence-electron chi connectivity index (χ4n) is 4.28. The summed E-state index contributed by atoms with van der Waals surface area (Å²) in [6.45, 7) is 4.13. The molecule has 0 saturated carbocycles. The molecule has 0 fully saturated rings. The van der Waals surface area contributed by atoms with Crippen LogP contribution in [0.4, 0.5) is 10.1 Å². The van der Waals surface area contributed by atoms with Crippen LogP contribution in [-0.2, 0) is 32.8 Å². The quantitative estimate of drug-likeness (QED) is 0.257. The molecule has 0 aromatic heterocycles. The Balaban J connectivity index is 1.83. The number of unbranched alkanes of at least 4 members (excludes halogenated alkanes) is 1. The molecule has 3 aromatic rings. The van der Waals surface area contributed by atoms with E-state index in [1.807, 2.05) is 37.3 Å². The van der Waals surface area contributed by atoms with Crippen molar-refractivity contribution in [2.45, 2.75) is 52.3 Å². The second-order valence-corrected chi connectivity index (χ2v) is 11.7. The van der Waals surface area contributed by atoms with Crippen LogP contribution in [-0.4, -0.2) is 50.5 Å². The Bertz CT molecular complexity index is 1370. The molecule has 220 valence electrons. The van der Waals surface area contributed by atoms with Gasteiger partial charge in [-0.25, -0.2) is 12.8 Å². The van der Waals surface area contributed by atoms with Gasteiger partial charge in [-0.05, 0) is 60.4 Å². The molecule has 0 aliphatic rings. The number of anilines is 1. The highest BCUT2D eigenvalue weighted by Gasteiger charge is 2.31. The molecule has 0 heterocycles. The van der Waals surface area contributed by atoms with Gasteiger partial charge in [-0.1, -0.05) is 62.7 Å². The highest BCUT2D eigenvalue weighted by Crippen LogP contribution is 2.23. The first kappa shape index (κ1) is 31.6. The Morgan fingerprint density at radius 3 is 2.17 bits per heavy atom. The van der Waals surface area contributed by atoms with Crippen molar-refractivity contribution in [2.24, 2.45) is 0 Å². The molecule has 41 heavy (non-hydrogen) atoms. The molecule has 1 N–H and O–H groups in total. The molecule has 2 amide bonds. The summed E-state index contributed by atoms with van der Waals surface area (Å²) in [7, 11) is -3.87. The third-order valence-corrected chi connectivity index (χ3v) is 7.67. The average molecular weight is 584 g/mol. The number of amides is 2. The molecule has 0 unspecified atom stereocenters. The lowest BCUT2D eigenvalue weighted by Crippen LogP contribution is -2.52. The van der Waals surface area contributed by atoms with Crippen LogP contribution in [0.1, 0.15) is 44.2 Å². The summed E-state index contributed by atoms with van der Waals surface area (Å²) >= 11 is 0. The summed E-state index contributed by atoms with van der Waals surface area (Å²) in [5, 5.41) is 2.87. The lowest BCUT2D eigenvalue weighted by Gasteiger charge is -2.33. The second-order valence-electron chi connectivity index (χ2n) is 9.75. The summed E-state index contributed by atoms with van der Waals surface area (Å²) in [5.74, 6) is -0.746. The Morgan fingerprint density at radius 1 is 0.927 bits per heavy atom. The van der Waals surface area contributed by atoms with E-state index in [-0.39, 0.29) is 18.1 Å². The molecule has 3 rings (SSSR count). The van der Waals surface area contributed by atoms with E-state index in [2.05, 4.69) is 5.32 Å². The van der Waals surface area contributed by atoms with E-state index in [0.29, 0.717) is 30.9 Å². The third kappa shape index (κ3) is 9.60. The maximum absolute atomic E-state index is 13.7. The topological polar surface area (TPSA) is 96.0 Å². The number of rotatable bonds is 15. The minimum Gasteiger partial charge on any atom is -0.489 e. The van der Waals surface area contributed by atoms with Gasteiger partial charge in [-0.15, -0.1) is 0 Å². The number of nitrogens with zero attached hydrogens (tertiary/aromatic N) is 2. The van der Waals surface area contributed by atoms with Crippen molar-refractivity contribution in [1.29, 1.82) is 0 Å². The molecule has 3 aromatic carbocycles. The smallest absolute Gasteiger partial charge is 0.244 e. The van der Waals surface area contributed by atoms with Gasteiger partial charge >= 0.3 is 0 Å². The highest BCUT2D eigenvalue weighted by atomic mass is 32.2. The van der Waals surface area contributed by atoms with Crippen LogP contribution >= 0.6 is 0 Å². The van der Waals surface area contributed by atoms with Gasteiger partial charge in [0.05, 0.1) is 11.9 Å². The van der Waals surface area contributed by atoms with Gasteiger partial charge in [-0.2, -0.15) is 0 Å². The Morgan fingerprint density at radius 2 is 1.59 bits per heavy atom. The lowest BCUT2D eigenvalue weighted by atomic mass is 10.1. The summed E-state index contributed by atoms with van der Waals surface area (Å²) in [5.41, 5.74) is 1.89. The fraction of sp³-hybridized carbons (Fsp3) is 0.355. The van der Waals surface area contributed by atoms with E-state index in [1.165, 1.54) is 17.0 Å². The van der Waals surface area contributed by atoms with Gasteiger partial charge < -0.3 is 15.0 Å². The van der Waals surface area contributed by atoms with Gasteiger partial charge in [0.1, 0.15) is 30.8 Å². The zero-order valence-corrected chi connectivity index (χ0v) is 24.6. The molecule has 0 radical (unpaired) electrons. The molecule has 0 saturated heterocycles. The maximum atomic E-state index is 13.7. The van der Waals surface area contributed by atoms with Crippen molar-refractivity contribution >= 4 is 27.5 Å². The fourth-order valence-corrected chi connectivity index (χ4v) is 5.13. The van der Waals surface area contributed by atoms with Gasteiger partial charge in [0.25, 0.3) is 0 Å². The summed E-state index contributed by atoms with van der Waals surface area (Å²) < 4.78 is 46.0. The number of hydrogen-bond donors (Lipinski definition) is 1. The first-order valence-electron chi connectivity index (χ1n) is 13.7. The Kier molecular flexibility index (Phi) is 11.7. The monoisotopic (exact) mass is 583 g/mol. The first-order valence-corrected chi connectivity index (χ1v) is 15.5. The van der Waals surface area contributed by atoms with Crippen molar-refractivity contribution in [2.75, 3.05) is 23.7 Å². The number of halogens is 1. The van der Waals surface area contributed by atoms with Crippen molar-refractivity contribution in [3.63, 3.8) is 0 Å². The summed E-state index contributed by atoms with van der Waals surface area (Å²) in [4.78, 5) is 28.2. The van der Waals surface area contributed by atoms with E-state index in [1.54, 1.807) is 43.3 Å². The number of carbonyl (C=O) groups is 2. The number of hydrogen-bond acceptors (Lipinski definition) is 5. The van der Waals surface area contributed by atoms with Crippen LogP contribution < -0.4 is 14.4 Å². The van der Waals surface area contributed by atoms with Crippen LogP contribution in [0.15, 0.2) is 78.9 Å². The molecular weight excluding hydrogens is 545 g/mol. The van der Waals surface area contributed by atoms with Gasteiger partial charge in [0.2, 0.25) is 21.8 Å². The molecule has 10 heteroatoms. The van der Waals surface area contributed by atoms with E-state index in [9.17, 15) is 22.4 Å². The number of carbonyl (C=O) groups excluding carboxylic acids is 2. The first-order chi connectivity index (χ1) is 19.6. The Hall–Kier alpha value is -3.92. The number of sulfonamides is 1. The van der Waals surface area contributed by atoms with Crippen molar-refractivity contribution in [3.05, 3.63) is 95.8 Å². The average Bonchev–Trinajstić information content (AvgIpc) is 2.96. The number of nitrogens with one attached hydrogen (secondary N) is 1. The SMILES string of the molecule is CCCCNC(=O)[C@H](CC)N(Cc1ccc(F)cc1)C(=O)CN(c1ccc(OCc2ccccc2)cc1)S(C)(=O)=O. The number of benzene rings is 3. The summed E-state index contributed by atoms with van der Waals surface area (Å²) in [6.07, 6.45) is 3.03. The van der Waals surface area contributed by atoms with E-state index >= 15 is 0 Å². The molecule has 0 aliphatic carbocycles. The van der Waals surface area contributed by atoms with E-state index in [0.717, 1.165) is 29.0 Å². The van der Waals surface area contributed by atoms with Crippen LogP contribution in [0.2, 0.25) is 0 Å². The van der Waals surface area contributed by atoms with Crippen LogP contribution in [0, 0.1) is 5.82 Å². The second kappa shape index (κ2) is 15.2. The van der Waals surface area contributed by atoms with Crippen molar-refractivity contribution < 1.29 is 27.1 Å². The molecule has 0 aliphatic heterocycles. The summed E-state index contributed by atoms with van der Waals surface area (Å²) in [6, 6.07) is 20.9. The predicted molar refractivity (Wildman–Crippen MR) is 158 cm³/mol. The van der Waals surface area contributed by atoms with Crippen LogP contribution in [0.3, 0.4) is 0 Å². The molecular formula is C31H38FN3O5S. The van der Waals surface area contributed by atoms with E-state index < -0.39 is 34.3 Å². The number of ether oxygens (including phenoxy) is 1. The minimum absolute atomic E-state index is 0.0166. The van der Waals surface area contributed by atoms with Crippen LogP contribution in [0.25, 0.3) is 0 Å². The van der Waals surface area contributed by atoms with Crippen LogP contribution in [0.5, 0.6) is 5.75 Å². The normalized spacial score (nSPS) is 11.9. The predicted octanol–water partition coefficient (Wildman–Crippen LogP) is 4.89. The molecule has 8 nitrogen and oxygen atoms in total. The molecule has 1 atom stereocenters. The Labute approximate surface area is 242 Å². The zero-order chi connectivity index (χ0) is 29.8. The standard InChI is InChI=1S/C31H38FN3O5S/c1-4-6-20-33-31(37)29(5-2)34(21-24-12-14-26(32)15-13-24)30(36)22-35(41(3,38)39)27-16-18-28(19-17-27)40-23-25-10-8-7-9-11-25/h7-19,29H,4-6,20-23H2,1-3H3,(H,33,37)/t29-/m0/s1. The van der Waals surface area contributed by atoms with Gasteiger partial charge in [-0.3, -0.25) is 13.9 Å². The van der Waals surface area contributed by atoms with Crippen molar-refractivity contribution in [1.82, 2.24) is 10.2 Å². The zero-order valence-electron chi connectivity index (χ0n) is 23.8. The highest BCUT2D eigenvalue weighted by molar-refractivity contribution is 7.92. The lowest BCUT2D eigenvalue weighted by molar-refractivity contribution is -0.140. The largest absolute Gasteiger partial charge is 0.489 e. The molecule has 0 spiro atoms.